The maximum Gasteiger partial charge on any atom is 0.282 e. The molecule has 5 nitrogen and oxygen atoms in total. The van der Waals surface area contributed by atoms with Gasteiger partial charge in [-0.25, -0.2) is 0 Å². The fourth-order valence-electron chi connectivity index (χ4n) is 2.74. The number of nitrogens with zero attached hydrogens (tertiary/aromatic N) is 2. The highest BCUT2D eigenvalue weighted by Crippen LogP contribution is 2.21. The van der Waals surface area contributed by atoms with Crippen molar-refractivity contribution in [2.45, 2.75) is 39.5 Å². The molecule has 0 aromatic rings. The van der Waals surface area contributed by atoms with Gasteiger partial charge in [0, 0.05) is 26.2 Å². The van der Waals surface area contributed by atoms with Crippen LogP contribution in [-0.2, 0) is 10.2 Å². The number of rotatable bonds is 10. The first-order valence-electron chi connectivity index (χ1n) is 8.13. The van der Waals surface area contributed by atoms with E-state index in [0.717, 1.165) is 38.8 Å². The first-order valence-corrected chi connectivity index (χ1v) is 9.52. The fourth-order valence-corrected chi connectivity index (χ4v) is 4.54. The van der Waals surface area contributed by atoms with Gasteiger partial charge in [0.2, 0.25) is 0 Å². The molecule has 124 valence electrons. The SMILES string of the molecule is C=CCN(CCC)S(=O)(=O)N1CCCC(CNCCC)C1. The highest BCUT2D eigenvalue weighted by molar-refractivity contribution is 7.86. The van der Waals surface area contributed by atoms with Crippen LogP contribution in [0.15, 0.2) is 12.7 Å². The van der Waals surface area contributed by atoms with Crippen LogP contribution in [0.4, 0.5) is 0 Å². The van der Waals surface area contributed by atoms with Crippen LogP contribution in [0.5, 0.6) is 0 Å². The van der Waals surface area contributed by atoms with Gasteiger partial charge in [0.05, 0.1) is 0 Å². The molecule has 1 fully saturated rings. The Morgan fingerprint density at radius 1 is 1.38 bits per heavy atom. The van der Waals surface area contributed by atoms with Crippen LogP contribution in [-0.4, -0.2) is 56.3 Å². The smallest absolute Gasteiger partial charge is 0.282 e. The van der Waals surface area contributed by atoms with E-state index in [1.165, 1.54) is 0 Å². The van der Waals surface area contributed by atoms with Crippen LogP contribution < -0.4 is 5.32 Å². The van der Waals surface area contributed by atoms with Gasteiger partial charge in [0.25, 0.3) is 10.2 Å². The van der Waals surface area contributed by atoms with Crippen LogP contribution in [0.1, 0.15) is 39.5 Å². The Morgan fingerprint density at radius 2 is 2.14 bits per heavy atom. The van der Waals surface area contributed by atoms with Crippen molar-refractivity contribution in [2.24, 2.45) is 5.92 Å². The summed E-state index contributed by atoms with van der Waals surface area (Å²) in [7, 11) is -3.34. The molecule has 0 spiro atoms. The van der Waals surface area contributed by atoms with Crippen molar-refractivity contribution in [1.82, 2.24) is 13.9 Å². The molecule has 0 aromatic carbocycles. The summed E-state index contributed by atoms with van der Waals surface area (Å²) in [6.45, 7) is 12.0. The summed E-state index contributed by atoms with van der Waals surface area (Å²) in [6.07, 6.45) is 5.65. The molecule has 0 aromatic heterocycles. The zero-order chi connectivity index (χ0) is 15.7. The van der Waals surface area contributed by atoms with Crippen molar-refractivity contribution in [3.05, 3.63) is 12.7 Å². The van der Waals surface area contributed by atoms with Crippen molar-refractivity contribution in [3.63, 3.8) is 0 Å². The first kappa shape index (κ1) is 18.6. The van der Waals surface area contributed by atoms with Gasteiger partial charge in [-0.3, -0.25) is 0 Å². The van der Waals surface area contributed by atoms with Crippen molar-refractivity contribution >= 4 is 10.2 Å². The summed E-state index contributed by atoms with van der Waals surface area (Å²) in [6, 6.07) is 0. The molecule has 0 aliphatic carbocycles. The molecule has 1 saturated heterocycles. The number of hydrogen-bond donors (Lipinski definition) is 1. The van der Waals surface area contributed by atoms with E-state index >= 15 is 0 Å². The second-order valence-corrected chi connectivity index (χ2v) is 7.65. The van der Waals surface area contributed by atoms with Crippen LogP contribution >= 0.6 is 0 Å². The summed E-state index contributed by atoms with van der Waals surface area (Å²) in [5, 5.41) is 3.41. The highest BCUT2D eigenvalue weighted by Gasteiger charge is 2.32. The maximum atomic E-state index is 12.7. The minimum atomic E-state index is -3.34. The third kappa shape index (κ3) is 5.70. The monoisotopic (exact) mass is 317 g/mol. The molecule has 0 bridgehead atoms. The zero-order valence-electron chi connectivity index (χ0n) is 13.6. The quantitative estimate of drug-likeness (QED) is 0.494. The lowest BCUT2D eigenvalue weighted by atomic mass is 10.00. The van der Waals surface area contributed by atoms with E-state index in [4.69, 9.17) is 0 Å². The fraction of sp³-hybridized carbons (Fsp3) is 0.867. The zero-order valence-corrected chi connectivity index (χ0v) is 14.4. The van der Waals surface area contributed by atoms with E-state index in [0.29, 0.717) is 32.1 Å². The average Bonchev–Trinajstić information content (AvgIpc) is 2.47. The lowest BCUT2D eigenvalue weighted by molar-refractivity contribution is 0.244. The van der Waals surface area contributed by atoms with E-state index in [9.17, 15) is 8.42 Å². The topological polar surface area (TPSA) is 52.7 Å². The van der Waals surface area contributed by atoms with Crippen molar-refractivity contribution < 1.29 is 8.42 Å². The van der Waals surface area contributed by atoms with Crippen LogP contribution in [0, 0.1) is 5.92 Å². The lowest BCUT2D eigenvalue weighted by Crippen LogP contribution is -2.49. The first-order chi connectivity index (χ1) is 10.1. The molecular weight excluding hydrogens is 286 g/mol. The Hall–Kier alpha value is -0.430. The van der Waals surface area contributed by atoms with E-state index in [2.05, 4.69) is 18.8 Å². The second kappa shape index (κ2) is 9.56. The minimum Gasteiger partial charge on any atom is -0.316 e. The van der Waals surface area contributed by atoms with Gasteiger partial charge in [-0.05, 0) is 44.7 Å². The summed E-state index contributed by atoms with van der Waals surface area (Å²) in [5.41, 5.74) is 0. The standard InChI is InChI=1S/C15H31N3O2S/c1-4-9-16-13-15-8-7-12-18(14-15)21(19,20)17(10-5-2)11-6-3/h5,15-16H,2,4,6-14H2,1,3H3. The van der Waals surface area contributed by atoms with Gasteiger partial charge in [-0.1, -0.05) is 19.9 Å². The second-order valence-electron chi connectivity index (χ2n) is 5.72. The molecule has 21 heavy (non-hydrogen) atoms. The molecule has 1 atom stereocenters. The van der Waals surface area contributed by atoms with Gasteiger partial charge in [0.15, 0.2) is 0 Å². The molecule has 1 unspecified atom stereocenters. The average molecular weight is 317 g/mol. The number of hydrogen-bond acceptors (Lipinski definition) is 3. The Labute approximate surface area is 130 Å². The predicted molar refractivity (Wildman–Crippen MR) is 88.4 cm³/mol. The van der Waals surface area contributed by atoms with E-state index in [-0.39, 0.29) is 0 Å². The van der Waals surface area contributed by atoms with E-state index < -0.39 is 10.2 Å². The van der Waals surface area contributed by atoms with Gasteiger partial charge in [0.1, 0.15) is 0 Å². The lowest BCUT2D eigenvalue weighted by Gasteiger charge is -2.35. The van der Waals surface area contributed by atoms with E-state index in [1.54, 1.807) is 14.7 Å². The van der Waals surface area contributed by atoms with Crippen LogP contribution in [0.25, 0.3) is 0 Å². The molecule has 6 heteroatoms. The molecule has 0 saturated carbocycles. The van der Waals surface area contributed by atoms with Crippen molar-refractivity contribution in [3.8, 4) is 0 Å². The van der Waals surface area contributed by atoms with Gasteiger partial charge >= 0.3 is 0 Å². The van der Waals surface area contributed by atoms with Gasteiger partial charge in [-0.2, -0.15) is 17.0 Å². The van der Waals surface area contributed by atoms with E-state index in [1.807, 2.05) is 6.92 Å². The highest BCUT2D eigenvalue weighted by atomic mass is 32.2. The largest absolute Gasteiger partial charge is 0.316 e. The molecule has 1 N–H and O–H groups in total. The summed E-state index contributed by atoms with van der Waals surface area (Å²) >= 11 is 0. The maximum absolute atomic E-state index is 12.7. The summed E-state index contributed by atoms with van der Waals surface area (Å²) in [5.74, 6) is 0.423. The molecule has 1 heterocycles. The summed E-state index contributed by atoms with van der Waals surface area (Å²) in [4.78, 5) is 0. The van der Waals surface area contributed by atoms with Gasteiger partial charge < -0.3 is 5.32 Å². The molecule has 1 aliphatic rings. The molecule has 1 aliphatic heterocycles. The third-order valence-electron chi connectivity index (χ3n) is 3.80. The Bertz CT molecular complexity index is 398. The number of piperidine rings is 1. The van der Waals surface area contributed by atoms with Crippen molar-refractivity contribution in [1.29, 1.82) is 0 Å². The summed E-state index contributed by atoms with van der Waals surface area (Å²) < 4.78 is 28.7. The Balaban J connectivity index is 2.65. The third-order valence-corrected chi connectivity index (χ3v) is 5.77. The molecular formula is C15H31N3O2S. The normalized spacial score (nSPS) is 20.8. The molecule has 0 radical (unpaired) electrons. The molecule has 1 rings (SSSR count). The van der Waals surface area contributed by atoms with Crippen molar-refractivity contribution in [2.75, 3.05) is 39.3 Å². The van der Waals surface area contributed by atoms with Crippen LogP contribution in [0.3, 0.4) is 0 Å². The number of nitrogens with one attached hydrogen (secondary N) is 1. The molecule has 0 amide bonds. The Morgan fingerprint density at radius 3 is 2.76 bits per heavy atom. The van der Waals surface area contributed by atoms with Gasteiger partial charge in [-0.15, -0.1) is 6.58 Å². The van der Waals surface area contributed by atoms with Crippen LogP contribution in [0.2, 0.25) is 0 Å². The minimum absolute atomic E-state index is 0.394. The predicted octanol–water partition coefficient (Wildman–Crippen LogP) is 1.84. The Kier molecular flexibility index (Phi) is 8.48.